The van der Waals surface area contributed by atoms with Gasteiger partial charge in [0.05, 0.1) is 6.04 Å². The smallest absolute Gasteiger partial charge is 0.237 e. The number of hydrogen-bond acceptors (Lipinski definition) is 3. The quantitative estimate of drug-likeness (QED) is 0.849. The summed E-state index contributed by atoms with van der Waals surface area (Å²) in [6.07, 6.45) is 3.90. The Kier molecular flexibility index (Phi) is 4.31. The second-order valence-corrected chi connectivity index (χ2v) is 5.16. The molecule has 0 saturated carbocycles. The lowest BCUT2D eigenvalue weighted by Crippen LogP contribution is -2.48. The molecule has 1 aromatic rings. The first kappa shape index (κ1) is 13.0. The van der Waals surface area contributed by atoms with E-state index in [0.717, 1.165) is 30.6 Å². The van der Waals surface area contributed by atoms with Crippen LogP contribution < -0.4 is 10.6 Å². The van der Waals surface area contributed by atoms with Crippen molar-refractivity contribution in [1.82, 2.24) is 15.6 Å². The molecule has 1 aromatic heterocycles. The van der Waals surface area contributed by atoms with Gasteiger partial charge in [0, 0.05) is 18.4 Å². The summed E-state index contributed by atoms with van der Waals surface area (Å²) in [5, 5.41) is 6.23. The van der Waals surface area contributed by atoms with E-state index < -0.39 is 0 Å². The summed E-state index contributed by atoms with van der Waals surface area (Å²) in [6, 6.07) is 3.93. The predicted molar refractivity (Wildman–Crippen MR) is 71.0 cm³/mol. The molecule has 1 amide bonds. The fraction of sp³-hybridized carbons (Fsp3) is 0.571. The molecule has 1 saturated heterocycles. The summed E-state index contributed by atoms with van der Waals surface area (Å²) in [6.45, 7) is 5.64. The summed E-state index contributed by atoms with van der Waals surface area (Å²) in [5.41, 5.74) is 2.03. The number of nitrogens with zero attached hydrogens (tertiary/aromatic N) is 1. The topological polar surface area (TPSA) is 54.0 Å². The second-order valence-electron chi connectivity index (χ2n) is 5.16. The molecular formula is C14H21N3O. The van der Waals surface area contributed by atoms with Crippen molar-refractivity contribution >= 4 is 5.91 Å². The van der Waals surface area contributed by atoms with Crippen molar-refractivity contribution in [2.24, 2.45) is 5.92 Å². The number of amides is 1. The zero-order valence-electron chi connectivity index (χ0n) is 11.1. The van der Waals surface area contributed by atoms with E-state index in [1.807, 2.05) is 25.3 Å². The lowest BCUT2D eigenvalue weighted by Gasteiger charge is -2.27. The first-order valence-electron chi connectivity index (χ1n) is 6.58. The molecule has 0 bridgehead atoms. The molecule has 2 N–H and O–H groups in total. The fourth-order valence-electron chi connectivity index (χ4n) is 2.22. The highest BCUT2D eigenvalue weighted by Gasteiger charge is 2.23. The SMILES string of the molecule is Cc1ccc(CNC(=O)C2CC(C)CCN2)cn1. The number of hydrogen-bond donors (Lipinski definition) is 2. The summed E-state index contributed by atoms with van der Waals surface area (Å²) in [5.74, 6) is 0.727. The molecule has 2 rings (SSSR count). The van der Waals surface area contributed by atoms with Gasteiger partial charge in [0.25, 0.3) is 0 Å². The summed E-state index contributed by atoms with van der Waals surface area (Å²) >= 11 is 0. The third-order valence-corrected chi connectivity index (χ3v) is 3.42. The molecule has 98 valence electrons. The van der Waals surface area contributed by atoms with Crippen LogP contribution in [0.15, 0.2) is 18.3 Å². The van der Waals surface area contributed by atoms with Crippen molar-refractivity contribution in [3.63, 3.8) is 0 Å². The molecule has 2 atom stereocenters. The van der Waals surface area contributed by atoms with Gasteiger partial charge in [0.1, 0.15) is 0 Å². The zero-order valence-corrected chi connectivity index (χ0v) is 11.1. The average molecular weight is 247 g/mol. The maximum atomic E-state index is 12.0. The van der Waals surface area contributed by atoms with Crippen LogP contribution in [-0.4, -0.2) is 23.5 Å². The van der Waals surface area contributed by atoms with E-state index in [9.17, 15) is 4.79 Å². The van der Waals surface area contributed by atoms with E-state index in [4.69, 9.17) is 0 Å². The van der Waals surface area contributed by atoms with Crippen LogP contribution in [0.1, 0.15) is 31.0 Å². The van der Waals surface area contributed by atoms with Crippen molar-refractivity contribution in [2.45, 2.75) is 39.3 Å². The van der Waals surface area contributed by atoms with Gasteiger partial charge < -0.3 is 10.6 Å². The molecule has 0 spiro atoms. The number of pyridine rings is 1. The van der Waals surface area contributed by atoms with Crippen LogP contribution in [0.2, 0.25) is 0 Å². The van der Waals surface area contributed by atoms with Crippen LogP contribution in [0.5, 0.6) is 0 Å². The number of carbonyl (C=O) groups is 1. The number of piperidine rings is 1. The highest BCUT2D eigenvalue weighted by Crippen LogP contribution is 2.15. The van der Waals surface area contributed by atoms with E-state index in [2.05, 4.69) is 22.5 Å². The maximum Gasteiger partial charge on any atom is 0.237 e. The van der Waals surface area contributed by atoms with Crippen LogP contribution >= 0.6 is 0 Å². The monoisotopic (exact) mass is 247 g/mol. The van der Waals surface area contributed by atoms with E-state index >= 15 is 0 Å². The van der Waals surface area contributed by atoms with Crippen molar-refractivity contribution in [1.29, 1.82) is 0 Å². The van der Waals surface area contributed by atoms with Gasteiger partial charge in [-0.25, -0.2) is 0 Å². The van der Waals surface area contributed by atoms with Crippen molar-refractivity contribution in [3.8, 4) is 0 Å². The number of nitrogens with one attached hydrogen (secondary N) is 2. The molecule has 4 heteroatoms. The maximum absolute atomic E-state index is 12.0. The molecular weight excluding hydrogens is 226 g/mol. The van der Waals surface area contributed by atoms with E-state index in [0.29, 0.717) is 12.5 Å². The van der Waals surface area contributed by atoms with Crippen LogP contribution in [-0.2, 0) is 11.3 Å². The molecule has 0 aromatic carbocycles. The largest absolute Gasteiger partial charge is 0.351 e. The zero-order chi connectivity index (χ0) is 13.0. The minimum atomic E-state index is -0.0350. The number of rotatable bonds is 3. The van der Waals surface area contributed by atoms with Crippen molar-refractivity contribution < 1.29 is 4.79 Å². The standard InChI is InChI=1S/C14H21N3O/c1-10-5-6-15-13(7-10)14(18)17-9-12-4-3-11(2)16-8-12/h3-4,8,10,13,15H,5-7,9H2,1-2H3,(H,17,18). The fourth-order valence-corrected chi connectivity index (χ4v) is 2.22. The minimum Gasteiger partial charge on any atom is -0.351 e. The van der Waals surface area contributed by atoms with Crippen LogP contribution in [0.3, 0.4) is 0 Å². The van der Waals surface area contributed by atoms with Gasteiger partial charge >= 0.3 is 0 Å². The highest BCUT2D eigenvalue weighted by atomic mass is 16.2. The first-order chi connectivity index (χ1) is 8.65. The Morgan fingerprint density at radius 3 is 3.06 bits per heavy atom. The van der Waals surface area contributed by atoms with Gasteiger partial charge in [-0.1, -0.05) is 13.0 Å². The predicted octanol–water partition coefficient (Wildman–Crippen LogP) is 1.39. The molecule has 18 heavy (non-hydrogen) atoms. The molecule has 0 aliphatic carbocycles. The molecule has 2 unspecified atom stereocenters. The lowest BCUT2D eigenvalue weighted by atomic mass is 9.94. The Bertz CT molecular complexity index is 402. The van der Waals surface area contributed by atoms with Crippen LogP contribution in [0, 0.1) is 12.8 Å². The Labute approximate surface area is 108 Å². The van der Waals surface area contributed by atoms with E-state index in [1.165, 1.54) is 0 Å². The summed E-state index contributed by atoms with van der Waals surface area (Å²) in [4.78, 5) is 16.2. The Morgan fingerprint density at radius 1 is 1.56 bits per heavy atom. The Balaban J connectivity index is 1.82. The third kappa shape index (κ3) is 3.53. The molecule has 0 radical (unpaired) electrons. The normalized spacial score (nSPS) is 23.7. The second kappa shape index (κ2) is 5.96. The van der Waals surface area contributed by atoms with Gasteiger partial charge in [0.2, 0.25) is 5.91 Å². The molecule has 1 aliphatic heterocycles. The minimum absolute atomic E-state index is 0.0350. The van der Waals surface area contributed by atoms with Gasteiger partial charge in [-0.15, -0.1) is 0 Å². The van der Waals surface area contributed by atoms with Crippen molar-refractivity contribution in [3.05, 3.63) is 29.6 Å². The highest BCUT2D eigenvalue weighted by molar-refractivity contribution is 5.81. The summed E-state index contributed by atoms with van der Waals surface area (Å²) in [7, 11) is 0. The van der Waals surface area contributed by atoms with Crippen LogP contribution in [0.4, 0.5) is 0 Å². The number of carbonyl (C=O) groups excluding carboxylic acids is 1. The molecule has 2 heterocycles. The Hall–Kier alpha value is -1.42. The van der Waals surface area contributed by atoms with Gasteiger partial charge in [0.15, 0.2) is 0 Å². The summed E-state index contributed by atoms with van der Waals surface area (Å²) < 4.78 is 0. The van der Waals surface area contributed by atoms with E-state index in [-0.39, 0.29) is 11.9 Å². The first-order valence-corrected chi connectivity index (χ1v) is 6.58. The van der Waals surface area contributed by atoms with Crippen molar-refractivity contribution in [2.75, 3.05) is 6.54 Å². The lowest BCUT2D eigenvalue weighted by molar-refractivity contribution is -0.124. The average Bonchev–Trinajstić information content (AvgIpc) is 2.38. The van der Waals surface area contributed by atoms with Crippen LogP contribution in [0.25, 0.3) is 0 Å². The Morgan fingerprint density at radius 2 is 2.39 bits per heavy atom. The van der Waals surface area contributed by atoms with Gasteiger partial charge in [-0.05, 0) is 43.9 Å². The molecule has 4 nitrogen and oxygen atoms in total. The van der Waals surface area contributed by atoms with Gasteiger partial charge in [-0.2, -0.15) is 0 Å². The van der Waals surface area contributed by atoms with E-state index in [1.54, 1.807) is 0 Å². The third-order valence-electron chi connectivity index (χ3n) is 3.42. The molecule has 1 fully saturated rings. The number of aromatic nitrogens is 1. The molecule has 1 aliphatic rings. The van der Waals surface area contributed by atoms with Gasteiger partial charge in [-0.3, -0.25) is 9.78 Å². The number of aryl methyl sites for hydroxylation is 1.